The van der Waals surface area contributed by atoms with E-state index in [1.807, 2.05) is 60.7 Å². The summed E-state index contributed by atoms with van der Waals surface area (Å²) in [6.07, 6.45) is 2.98. The first-order valence-electron chi connectivity index (χ1n) is 9.14. The zero-order chi connectivity index (χ0) is 20.8. The number of hydrogen-bond acceptors (Lipinski definition) is 5. The van der Waals surface area contributed by atoms with E-state index in [1.165, 1.54) is 6.08 Å². The summed E-state index contributed by atoms with van der Waals surface area (Å²) in [6.45, 7) is 3.48. The molecule has 3 rings (SSSR count). The summed E-state index contributed by atoms with van der Waals surface area (Å²) in [5, 5.41) is 14.1. The number of carbonyl (C=O) groups excluding carboxylic acids is 1. The van der Waals surface area contributed by atoms with Crippen molar-refractivity contribution in [3.8, 4) is 28.8 Å². The maximum Gasteiger partial charge on any atom is 0.349 e. The topological polar surface area (TPSA) is 77.1 Å². The molecule has 0 aliphatic carbocycles. The summed E-state index contributed by atoms with van der Waals surface area (Å²) in [7, 11) is 1.60. The fourth-order valence-electron chi connectivity index (χ4n) is 2.75. The van der Waals surface area contributed by atoms with Gasteiger partial charge in [-0.15, -0.1) is 0 Å². The Morgan fingerprint density at radius 1 is 1.14 bits per heavy atom. The molecule has 0 aliphatic rings. The van der Waals surface area contributed by atoms with Crippen LogP contribution in [-0.2, 0) is 9.53 Å². The van der Waals surface area contributed by atoms with Crippen molar-refractivity contribution < 1.29 is 14.3 Å². The van der Waals surface area contributed by atoms with Gasteiger partial charge in [-0.2, -0.15) is 10.4 Å². The van der Waals surface area contributed by atoms with Crippen molar-refractivity contribution in [1.82, 2.24) is 9.78 Å². The van der Waals surface area contributed by atoms with E-state index in [0.29, 0.717) is 11.3 Å². The van der Waals surface area contributed by atoms with Gasteiger partial charge in [0.15, 0.2) is 0 Å². The van der Waals surface area contributed by atoms with E-state index in [9.17, 15) is 10.1 Å². The van der Waals surface area contributed by atoms with Crippen molar-refractivity contribution in [3.63, 3.8) is 0 Å². The van der Waals surface area contributed by atoms with Crippen LogP contribution in [0.4, 0.5) is 0 Å². The number of methoxy groups -OCH3 is 1. The molecule has 0 N–H and O–H groups in total. The van der Waals surface area contributed by atoms with E-state index in [2.05, 4.69) is 5.10 Å². The van der Waals surface area contributed by atoms with Gasteiger partial charge in [-0.3, -0.25) is 0 Å². The number of carbonyl (C=O) groups is 1. The standard InChI is InChI=1S/C23H21N3O3/c1-16(2)29-23(27)18(14-24)13-19-15-26(20-7-5-4-6-8-20)25-22(19)17-9-11-21(28-3)12-10-17/h4-13,15-16H,1-3H3. The number of ether oxygens (including phenoxy) is 2. The summed E-state index contributed by atoms with van der Waals surface area (Å²) < 4.78 is 12.1. The number of rotatable bonds is 6. The molecule has 146 valence electrons. The number of hydrogen-bond donors (Lipinski definition) is 0. The molecule has 0 spiro atoms. The molecule has 0 unspecified atom stereocenters. The number of esters is 1. The predicted octanol–water partition coefficient (Wildman–Crippen LogP) is 4.41. The maximum atomic E-state index is 12.2. The highest BCUT2D eigenvalue weighted by atomic mass is 16.5. The van der Waals surface area contributed by atoms with Crippen molar-refractivity contribution in [1.29, 1.82) is 5.26 Å². The van der Waals surface area contributed by atoms with Gasteiger partial charge in [-0.05, 0) is 56.3 Å². The molecule has 0 saturated heterocycles. The minimum Gasteiger partial charge on any atom is -0.497 e. The van der Waals surface area contributed by atoms with E-state index in [0.717, 1.165) is 17.0 Å². The van der Waals surface area contributed by atoms with Crippen LogP contribution in [0.15, 0.2) is 66.4 Å². The molecule has 0 amide bonds. The number of para-hydroxylation sites is 1. The summed E-state index contributed by atoms with van der Waals surface area (Å²) in [5.41, 5.74) is 2.89. The summed E-state index contributed by atoms with van der Waals surface area (Å²) in [5.74, 6) is 0.0715. The molecule has 0 fully saturated rings. The average Bonchev–Trinajstić information content (AvgIpc) is 3.16. The van der Waals surface area contributed by atoms with Gasteiger partial charge in [0, 0.05) is 17.3 Å². The largest absolute Gasteiger partial charge is 0.497 e. The van der Waals surface area contributed by atoms with Crippen LogP contribution in [-0.4, -0.2) is 29.0 Å². The molecule has 6 nitrogen and oxygen atoms in total. The molecule has 1 aromatic heterocycles. The Balaban J connectivity index is 2.10. The average molecular weight is 387 g/mol. The van der Waals surface area contributed by atoms with Crippen LogP contribution in [0.2, 0.25) is 0 Å². The molecule has 0 bridgehead atoms. The highest BCUT2D eigenvalue weighted by Crippen LogP contribution is 2.27. The molecule has 29 heavy (non-hydrogen) atoms. The number of benzene rings is 2. The molecule has 0 radical (unpaired) electrons. The SMILES string of the molecule is COc1ccc(-c2nn(-c3ccccc3)cc2C=C(C#N)C(=O)OC(C)C)cc1. The quantitative estimate of drug-likeness (QED) is 0.356. The van der Waals surface area contributed by atoms with Crippen LogP contribution in [0.1, 0.15) is 19.4 Å². The number of aromatic nitrogens is 2. The number of nitriles is 1. The smallest absolute Gasteiger partial charge is 0.349 e. The molecule has 3 aromatic rings. The Morgan fingerprint density at radius 3 is 2.41 bits per heavy atom. The molecule has 6 heteroatoms. The summed E-state index contributed by atoms with van der Waals surface area (Å²) in [4.78, 5) is 12.2. The van der Waals surface area contributed by atoms with Gasteiger partial charge >= 0.3 is 5.97 Å². The molecule has 1 heterocycles. The lowest BCUT2D eigenvalue weighted by Crippen LogP contribution is -2.12. The van der Waals surface area contributed by atoms with Crippen LogP contribution in [0.5, 0.6) is 5.75 Å². The zero-order valence-corrected chi connectivity index (χ0v) is 16.5. The van der Waals surface area contributed by atoms with Gasteiger partial charge in [0.25, 0.3) is 0 Å². The van der Waals surface area contributed by atoms with Crippen LogP contribution in [0, 0.1) is 11.3 Å². The first-order valence-corrected chi connectivity index (χ1v) is 9.14. The summed E-state index contributed by atoms with van der Waals surface area (Å²) in [6, 6.07) is 19.0. The van der Waals surface area contributed by atoms with Crippen LogP contribution < -0.4 is 4.74 Å². The Labute approximate surface area is 169 Å². The summed E-state index contributed by atoms with van der Waals surface area (Å²) >= 11 is 0. The first-order chi connectivity index (χ1) is 14.0. The second kappa shape index (κ2) is 8.89. The highest BCUT2D eigenvalue weighted by Gasteiger charge is 2.17. The fraction of sp³-hybridized carbons (Fsp3) is 0.174. The van der Waals surface area contributed by atoms with Crippen LogP contribution >= 0.6 is 0 Å². The van der Waals surface area contributed by atoms with Crippen LogP contribution in [0.3, 0.4) is 0 Å². The first kappa shape index (κ1) is 19.9. The van der Waals surface area contributed by atoms with Crippen molar-refractivity contribution in [2.45, 2.75) is 20.0 Å². The van der Waals surface area contributed by atoms with Gasteiger partial charge in [-0.1, -0.05) is 18.2 Å². The lowest BCUT2D eigenvalue weighted by Gasteiger charge is -2.06. The second-order valence-electron chi connectivity index (χ2n) is 6.57. The Hall–Kier alpha value is -3.85. The van der Waals surface area contributed by atoms with Gasteiger partial charge in [-0.25, -0.2) is 9.48 Å². The third kappa shape index (κ3) is 4.71. The van der Waals surface area contributed by atoms with Crippen molar-refractivity contribution in [2.24, 2.45) is 0 Å². The van der Waals surface area contributed by atoms with Gasteiger partial charge in [0.1, 0.15) is 17.4 Å². The van der Waals surface area contributed by atoms with E-state index >= 15 is 0 Å². The third-order valence-electron chi connectivity index (χ3n) is 4.11. The van der Waals surface area contributed by atoms with Crippen molar-refractivity contribution in [3.05, 3.63) is 71.9 Å². The van der Waals surface area contributed by atoms with Crippen LogP contribution in [0.25, 0.3) is 23.0 Å². The molecule has 0 aliphatic heterocycles. The monoisotopic (exact) mass is 387 g/mol. The lowest BCUT2D eigenvalue weighted by molar-refractivity contribution is -0.142. The number of nitrogens with zero attached hydrogens (tertiary/aromatic N) is 3. The van der Waals surface area contributed by atoms with E-state index < -0.39 is 5.97 Å². The Bertz CT molecular complexity index is 1060. The van der Waals surface area contributed by atoms with Gasteiger partial charge in [0.2, 0.25) is 0 Å². The van der Waals surface area contributed by atoms with E-state index in [-0.39, 0.29) is 11.7 Å². The van der Waals surface area contributed by atoms with Crippen molar-refractivity contribution >= 4 is 12.0 Å². The molecule has 0 saturated carbocycles. The Morgan fingerprint density at radius 2 is 1.83 bits per heavy atom. The van der Waals surface area contributed by atoms with Gasteiger partial charge in [0.05, 0.1) is 24.6 Å². The fourth-order valence-corrected chi connectivity index (χ4v) is 2.75. The minimum atomic E-state index is -0.657. The molecule has 2 aromatic carbocycles. The molecular formula is C23H21N3O3. The lowest BCUT2D eigenvalue weighted by atomic mass is 10.1. The second-order valence-corrected chi connectivity index (χ2v) is 6.57. The predicted molar refractivity (Wildman–Crippen MR) is 110 cm³/mol. The maximum absolute atomic E-state index is 12.2. The van der Waals surface area contributed by atoms with E-state index in [1.54, 1.807) is 31.8 Å². The van der Waals surface area contributed by atoms with Crippen molar-refractivity contribution in [2.75, 3.05) is 7.11 Å². The normalized spacial score (nSPS) is 11.2. The van der Waals surface area contributed by atoms with E-state index in [4.69, 9.17) is 9.47 Å². The highest BCUT2D eigenvalue weighted by molar-refractivity contribution is 5.98. The zero-order valence-electron chi connectivity index (χ0n) is 16.5. The minimum absolute atomic E-state index is 0.0823. The Kier molecular flexibility index (Phi) is 6.10. The van der Waals surface area contributed by atoms with Gasteiger partial charge < -0.3 is 9.47 Å². The third-order valence-corrected chi connectivity index (χ3v) is 4.11. The molecule has 0 atom stereocenters. The molecular weight excluding hydrogens is 366 g/mol.